The molecule has 1 aliphatic rings. The van der Waals surface area contributed by atoms with E-state index in [0.29, 0.717) is 11.5 Å². The molecule has 0 amide bonds. The third kappa shape index (κ3) is 2.21. The van der Waals surface area contributed by atoms with Crippen molar-refractivity contribution in [2.75, 3.05) is 0 Å². The maximum atomic E-state index is 5.34. The van der Waals surface area contributed by atoms with E-state index in [0.717, 1.165) is 17.0 Å². The van der Waals surface area contributed by atoms with E-state index < -0.39 is 0 Å². The van der Waals surface area contributed by atoms with Crippen molar-refractivity contribution in [3.05, 3.63) is 10.6 Å². The molecule has 16 heavy (non-hydrogen) atoms. The Bertz CT molecular complexity index is 416. The van der Waals surface area contributed by atoms with Gasteiger partial charge < -0.3 is 4.57 Å². The van der Waals surface area contributed by atoms with Gasteiger partial charge in [0.05, 0.1) is 0 Å². The van der Waals surface area contributed by atoms with Crippen LogP contribution in [0.2, 0.25) is 0 Å². The molecule has 1 heterocycles. The molecule has 1 saturated carbocycles. The van der Waals surface area contributed by atoms with Gasteiger partial charge in [-0.2, -0.15) is 5.10 Å². The minimum Gasteiger partial charge on any atom is -0.301 e. The van der Waals surface area contributed by atoms with Gasteiger partial charge in [-0.25, -0.2) is 0 Å². The van der Waals surface area contributed by atoms with Gasteiger partial charge in [-0.15, -0.1) is 0 Å². The summed E-state index contributed by atoms with van der Waals surface area (Å²) in [6.45, 7) is 6.85. The molecule has 0 aliphatic heterocycles. The predicted molar refractivity (Wildman–Crippen MR) is 68.1 cm³/mol. The van der Waals surface area contributed by atoms with Crippen LogP contribution in [0.4, 0.5) is 0 Å². The molecule has 1 unspecified atom stereocenters. The number of hydrogen-bond donors (Lipinski definition) is 1. The van der Waals surface area contributed by atoms with Crippen LogP contribution in [0.25, 0.3) is 0 Å². The lowest BCUT2D eigenvalue weighted by Gasteiger charge is -2.36. The van der Waals surface area contributed by atoms with Crippen molar-refractivity contribution in [2.45, 2.75) is 58.9 Å². The van der Waals surface area contributed by atoms with Gasteiger partial charge in [-0.3, -0.25) is 5.10 Å². The molecule has 2 rings (SSSR count). The topological polar surface area (TPSA) is 33.6 Å². The van der Waals surface area contributed by atoms with Crippen molar-refractivity contribution < 1.29 is 0 Å². The summed E-state index contributed by atoms with van der Waals surface area (Å²) < 4.78 is 3.04. The second kappa shape index (κ2) is 4.32. The Hall–Kier alpha value is -0.640. The smallest absolute Gasteiger partial charge is 0.195 e. The summed E-state index contributed by atoms with van der Waals surface area (Å²) >= 11 is 5.34. The van der Waals surface area contributed by atoms with Crippen LogP contribution in [0.1, 0.15) is 58.3 Å². The first-order valence-electron chi connectivity index (χ1n) is 6.19. The Morgan fingerprint density at radius 3 is 2.94 bits per heavy atom. The Labute approximate surface area is 102 Å². The monoisotopic (exact) mass is 239 g/mol. The summed E-state index contributed by atoms with van der Waals surface area (Å²) in [5.41, 5.74) is 0.444. The van der Waals surface area contributed by atoms with E-state index in [1.54, 1.807) is 0 Å². The highest BCUT2D eigenvalue weighted by Gasteiger charge is 2.30. The molecule has 3 nitrogen and oxygen atoms in total. The molecular formula is C12H21N3S. The average Bonchev–Trinajstić information content (AvgIpc) is 2.58. The summed E-state index contributed by atoms with van der Waals surface area (Å²) in [4.78, 5) is 0. The Morgan fingerprint density at radius 2 is 2.31 bits per heavy atom. The molecule has 0 radical (unpaired) electrons. The van der Waals surface area contributed by atoms with Gasteiger partial charge >= 0.3 is 0 Å². The van der Waals surface area contributed by atoms with Gasteiger partial charge in [-0.1, -0.05) is 27.2 Å². The molecule has 4 heteroatoms. The van der Waals surface area contributed by atoms with Gasteiger partial charge in [-0.05, 0) is 36.9 Å². The number of nitrogens with zero attached hydrogens (tertiary/aromatic N) is 2. The third-order valence-electron chi connectivity index (χ3n) is 3.64. The highest BCUT2D eigenvalue weighted by molar-refractivity contribution is 7.71. The third-order valence-corrected chi connectivity index (χ3v) is 3.93. The fourth-order valence-electron chi connectivity index (χ4n) is 2.84. The molecule has 0 spiro atoms. The number of rotatable bonds is 2. The minimum absolute atomic E-state index is 0.444. The van der Waals surface area contributed by atoms with Crippen molar-refractivity contribution >= 4 is 12.2 Å². The van der Waals surface area contributed by atoms with Crippen LogP contribution in [0.15, 0.2) is 0 Å². The van der Waals surface area contributed by atoms with Crippen molar-refractivity contribution in [1.29, 1.82) is 0 Å². The molecular weight excluding hydrogens is 218 g/mol. The van der Waals surface area contributed by atoms with Crippen molar-refractivity contribution in [1.82, 2.24) is 14.8 Å². The van der Waals surface area contributed by atoms with Crippen LogP contribution < -0.4 is 0 Å². The SMILES string of the molecule is CCc1n[nH]c(=S)n1C1CCCC(C)(C)C1. The van der Waals surface area contributed by atoms with E-state index in [1.165, 1.54) is 25.7 Å². The average molecular weight is 239 g/mol. The van der Waals surface area contributed by atoms with E-state index in [1.807, 2.05) is 0 Å². The van der Waals surface area contributed by atoms with Crippen LogP contribution in [-0.2, 0) is 6.42 Å². The maximum Gasteiger partial charge on any atom is 0.195 e. The predicted octanol–water partition coefficient (Wildman–Crippen LogP) is 3.64. The molecule has 1 aromatic rings. The molecule has 1 aromatic heterocycles. The Kier molecular flexibility index (Phi) is 3.19. The van der Waals surface area contributed by atoms with E-state index in [2.05, 4.69) is 35.5 Å². The Balaban J connectivity index is 2.29. The van der Waals surface area contributed by atoms with Crippen LogP contribution in [-0.4, -0.2) is 14.8 Å². The molecule has 90 valence electrons. The molecule has 1 N–H and O–H groups in total. The highest BCUT2D eigenvalue weighted by Crippen LogP contribution is 2.41. The summed E-state index contributed by atoms with van der Waals surface area (Å²) in [6.07, 6.45) is 6.03. The number of aromatic nitrogens is 3. The quantitative estimate of drug-likeness (QED) is 0.799. The van der Waals surface area contributed by atoms with Crippen molar-refractivity contribution in [2.24, 2.45) is 5.41 Å². The van der Waals surface area contributed by atoms with Gasteiger partial charge in [0, 0.05) is 12.5 Å². The zero-order valence-electron chi connectivity index (χ0n) is 10.4. The minimum atomic E-state index is 0.444. The van der Waals surface area contributed by atoms with Crippen molar-refractivity contribution in [3.8, 4) is 0 Å². The van der Waals surface area contributed by atoms with Crippen molar-refractivity contribution in [3.63, 3.8) is 0 Å². The molecule has 1 atom stereocenters. The van der Waals surface area contributed by atoms with Gasteiger partial charge in [0.25, 0.3) is 0 Å². The Morgan fingerprint density at radius 1 is 1.56 bits per heavy atom. The highest BCUT2D eigenvalue weighted by atomic mass is 32.1. The van der Waals surface area contributed by atoms with E-state index in [9.17, 15) is 0 Å². The first-order valence-corrected chi connectivity index (χ1v) is 6.60. The summed E-state index contributed by atoms with van der Waals surface area (Å²) in [7, 11) is 0. The lowest BCUT2D eigenvalue weighted by molar-refractivity contribution is 0.180. The lowest BCUT2D eigenvalue weighted by Crippen LogP contribution is -2.26. The normalized spacial score (nSPS) is 24.6. The molecule has 0 saturated heterocycles. The first-order chi connectivity index (χ1) is 7.53. The molecule has 1 fully saturated rings. The second-order valence-electron chi connectivity index (χ2n) is 5.58. The number of nitrogens with one attached hydrogen (secondary N) is 1. The molecule has 0 aromatic carbocycles. The largest absolute Gasteiger partial charge is 0.301 e. The summed E-state index contributed by atoms with van der Waals surface area (Å²) in [5, 5.41) is 7.23. The number of aryl methyl sites for hydroxylation is 1. The standard InChI is InChI=1S/C12H21N3S/c1-4-10-13-14-11(16)15(10)9-6-5-7-12(2,3)8-9/h9H,4-8H2,1-3H3,(H,14,16). The summed E-state index contributed by atoms with van der Waals surface area (Å²) in [6, 6.07) is 0.546. The van der Waals surface area contributed by atoms with E-state index in [-0.39, 0.29) is 0 Å². The zero-order chi connectivity index (χ0) is 11.8. The maximum absolute atomic E-state index is 5.34. The lowest BCUT2D eigenvalue weighted by atomic mass is 9.75. The van der Waals surface area contributed by atoms with Gasteiger partial charge in [0.1, 0.15) is 5.82 Å². The van der Waals surface area contributed by atoms with Crippen LogP contribution in [0.3, 0.4) is 0 Å². The van der Waals surface area contributed by atoms with E-state index in [4.69, 9.17) is 12.2 Å². The van der Waals surface area contributed by atoms with Gasteiger partial charge in [0.2, 0.25) is 0 Å². The van der Waals surface area contributed by atoms with Crippen LogP contribution in [0, 0.1) is 10.2 Å². The number of aromatic amines is 1. The van der Waals surface area contributed by atoms with Gasteiger partial charge in [0.15, 0.2) is 4.77 Å². The van der Waals surface area contributed by atoms with E-state index >= 15 is 0 Å². The zero-order valence-corrected chi connectivity index (χ0v) is 11.2. The summed E-state index contributed by atoms with van der Waals surface area (Å²) in [5.74, 6) is 1.10. The number of hydrogen-bond acceptors (Lipinski definition) is 2. The number of H-pyrrole nitrogens is 1. The first kappa shape index (κ1) is 11.8. The molecule has 1 aliphatic carbocycles. The van der Waals surface area contributed by atoms with Crippen LogP contribution in [0.5, 0.6) is 0 Å². The van der Waals surface area contributed by atoms with Crippen LogP contribution >= 0.6 is 12.2 Å². The molecule has 0 bridgehead atoms. The fourth-order valence-corrected chi connectivity index (χ4v) is 3.14. The second-order valence-corrected chi connectivity index (χ2v) is 5.97. The fraction of sp³-hybridized carbons (Fsp3) is 0.833.